The molecule has 0 aromatic carbocycles. The van der Waals surface area contributed by atoms with Crippen LogP contribution in [0, 0.1) is 0 Å². The molecule has 1 aromatic heterocycles. The van der Waals surface area contributed by atoms with Crippen molar-refractivity contribution in [1.82, 2.24) is 9.55 Å². The number of thioether (sulfide) groups is 1. The van der Waals surface area contributed by atoms with E-state index in [1.54, 1.807) is 17.0 Å². The second kappa shape index (κ2) is 5.58. The summed E-state index contributed by atoms with van der Waals surface area (Å²) in [5.74, 6) is 0.501. The second-order valence-electron chi connectivity index (χ2n) is 4.38. The minimum atomic E-state index is -0.0115. The zero-order valence-corrected chi connectivity index (χ0v) is 11.2. The fourth-order valence-corrected chi connectivity index (χ4v) is 3.07. The third-order valence-electron chi connectivity index (χ3n) is 3.31. The first-order valence-corrected chi connectivity index (χ1v) is 7.38. The summed E-state index contributed by atoms with van der Waals surface area (Å²) in [6, 6.07) is 0.403. The Labute approximate surface area is 106 Å². The van der Waals surface area contributed by atoms with Gasteiger partial charge in [0.25, 0.3) is 5.56 Å². The van der Waals surface area contributed by atoms with Crippen molar-refractivity contribution in [2.45, 2.75) is 44.0 Å². The predicted octanol–water partition coefficient (Wildman–Crippen LogP) is 1.96. The summed E-state index contributed by atoms with van der Waals surface area (Å²) in [5, 5.41) is 4.02. The van der Waals surface area contributed by atoms with Gasteiger partial charge < -0.3 is 9.88 Å². The Balaban J connectivity index is 2.07. The quantitative estimate of drug-likeness (QED) is 0.891. The highest BCUT2D eigenvalue weighted by Gasteiger charge is 2.24. The molecule has 17 heavy (non-hydrogen) atoms. The maximum absolute atomic E-state index is 12.0. The lowest BCUT2D eigenvalue weighted by Gasteiger charge is -2.13. The maximum Gasteiger partial charge on any atom is 0.293 e. The minimum absolute atomic E-state index is 0.0115. The molecule has 1 fully saturated rings. The van der Waals surface area contributed by atoms with Crippen LogP contribution in [0.25, 0.3) is 0 Å². The van der Waals surface area contributed by atoms with E-state index in [9.17, 15) is 4.79 Å². The van der Waals surface area contributed by atoms with E-state index in [0.717, 1.165) is 18.1 Å². The van der Waals surface area contributed by atoms with Crippen molar-refractivity contribution in [2.24, 2.45) is 0 Å². The third-order valence-corrected chi connectivity index (χ3v) is 4.41. The topological polar surface area (TPSA) is 46.9 Å². The van der Waals surface area contributed by atoms with Gasteiger partial charge in [-0.3, -0.25) is 4.79 Å². The van der Waals surface area contributed by atoms with E-state index in [1.165, 1.54) is 6.42 Å². The SMILES string of the molecule is CCn1ccnc(NC2CCC(SC)C2)c1=O. The zero-order chi connectivity index (χ0) is 12.3. The van der Waals surface area contributed by atoms with Crippen LogP contribution in [-0.4, -0.2) is 27.1 Å². The minimum Gasteiger partial charge on any atom is -0.363 e. The molecule has 2 rings (SSSR count). The number of nitrogens with zero attached hydrogens (tertiary/aromatic N) is 2. The van der Waals surface area contributed by atoms with Crippen LogP contribution in [0.3, 0.4) is 0 Å². The highest BCUT2D eigenvalue weighted by Crippen LogP contribution is 2.29. The van der Waals surface area contributed by atoms with Crippen LogP contribution < -0.4 is 10.9 Å². The molecule has 5 heteroatoms. The molecule has 0 saturated heterocycles. The van der Waals surface area contributed by atoms with E-state index in [4.69, 9.17) is 0 Å². The van der Waals surface area contributed by atoms with Gasteiger partial charge in [-0.15, -0.1) is 0 Å². The monoisotopic (exact) mass is 253 g/mol. The van der Waals surface area contributed by atoms with Gasteiger partial charge in [-0.05, 0) is 32.4 Å². The highest BCUT2D eigenvalue weighted by molar-refractivity contribution is 7.99. The molecular formula is C12H19N3OS. The molecule has 1 aromatic rings. The number of anilines is 1. The van der Waals surface area contributed by atoms with Gasteiger partial charge in [0, 0.05) is 30.2 Å². The van der Waals surface area contributed by atoms with E-state index in [1.807, 2.05) is 18.7 Å². The van der Waals surface area contributed by atoms with Crippen molar-refractivity contribution in [1.29, 1.82) is 0 Å². The fraction of sp³-hybridized carbons (Fsp3) is 0.667. The lowest BCUT2D eigenvalue weighted by molar-refractivity contribution is 0.702. The number of hydrogen-bond donors (Lipinski definition) is 1. The van der Waals surface area contributed by atoms with Crippen LogP contribution >= 0.6 is 11.8 Å². The first kappa shape index (κ1) is 12.5. The Bertz CT molecular complexity index is 432. The van der Waals surface area contributed by atoms with Gasteiger partial charge in [0.15, 0.2) is 5.82 Å². The molecule has 94 valence electrons. The molecule has 0 amide bonds. The smallest absolute Gasteiger partial charge is 0.293 e. The molecule has 1 N–H and O–H groups in total. The molecule has 0 spiro atoms. The van der Waals surface area contributed by atoms with Crippen LogP contribution in [0.5, 0.6) is 0 Å². The van der Waals surface area contributed by atoms with Crippen molar-refractivity contribution < 1.29 is 0 Å². The Morgan fingerprint density at radius 3 is 3.06 bits per heavy atom. The first-order valence-electron chi connectivity index (χ1n) is 6.09. The van der Waals surface area contributed by atoms with Crippen LogP contribution in [0.4, 0.5) is 5.82 Å². The van der Waals surface area contributed by atoms with Crippen molar-refractivity contribution >= 4 is 17.6 Å². The van der Waals surface area contributed by atoms with Gasteiger partial charge in [0.05, 0.1) is 0 Å². The number of aryl methyl sites for hydroxylation is 1. The van der Waals surface area contributed by atoms with Crippen LogP contribution in [0.15, 0.2) is 17.2 Å². The standard InChI is InChI=1S/C12H19N3OS/c1-3-15-7-6-13-11(12(15)16)14-9-4-5-10(8-9)17-2/h6-7,9-10H,3-5,8H2,1-2H3,(H,13,14). The molecule has 1 aliphatic carbocycles. The average Bonchev–Trinajstić information content (AvgIpc) is 2.79. The van der Waals surface area contributed by atoms with Crippen LogP contribution in [0.2, 0.25) is 0 Å². The van der Waals surface area contributed by atoms with E-state index in [-0.39, 0.29) is 5.56 Å². The Morgan fingerprint density at radius 2 is 2.41 bits per heavy atom. The number of hydrogen-bond acceptors (Lipinski definition) is 4. The van der Waals surface area contributed by atoms with Gasteiger partial charge in [-0.1, -0.05) is 0 Å². The highest BCUT2D eigenvalue weighted by atomic mass is 32.2. The molecule has 2 unspecified atom stereocenters. The molecule has 1 saturated carbocycles. The molecule has 1 aliphatic rings. The number of rotatable bonds is 4. The summed E-state index contributed by atoms with van der Waals surface area (Å²) < 4.78 is 1.68. The van der Waals surface area contributed by atoms with Crippen molar-refractivity contribution in [3.63, 3.8) is 0 Å². The van der Waals surface area contributed by atoms with Gasteiger partial charge in [-0.2, -0.15) is 11.8 Å². The maximum atomic E-state index is 12.0. The van der Waals surface area contributed by atoms with Crippen molar-refractivity contribution in [3.05, 3.63) is 22.7 Å². The lowest BCUT2D eigenvalue weighted by atomic mass is 10.2. The second-order valence-corrected chi connectivity index (χ2v) is 5.52. The molecule has 4 nitrogen and oxygen atoms in total. The average molecular weight is 253 g/mol. The number of nitrogens with one attached hydrogen (secondary N) is 1. The van der Waals surface area contributed by atoms with Gasteiger partial charge >= 0.3 is 0 Å². The van der Waals surface area contributed by atoms with Gasteiger partial charge in [-0.25, -0.2) is 4.98 Å². The fourth-order valence-electron chi connectivity index (χ4n) is 2.27. The largest absolute Gasteiger partial charge is 0.363 e. The van der Waals surface area contributed by atoms with Crippen LogP contribution in [-0.2, 0) is 6.54 Å². The van der Waals surface area contributed by atoms with Crippen molar-refractivity contribution in [2.75, 3.05) is 11.6 Å². The lowest BCUT2D eigenvalue weighted by Crippen LogP contribution is -2.27. The molecule has 1 heterocycles. The van der Waals surface area contributed by atoms with Gasteiger partial charge in [0.1, 0.15) is 0 Å². The summed E-state index contributed by atoms with van der Waals surface area (Å²) in [6.07, 6.45) is 9.06. The van der Waals surface area contributed by atoms with Crippen molar-refractivity contribution in [3.8, 4) is 0 Å². The summed E-state index contributed by atoms with van der Waals surface area (Å²) in [7, 11) is 0. The zero-order valence-electron chi connectivity index (χ0n) is 10.3. The van der Waals surface area contributed by atoms with E-state index in [0.29, 0.717) is 18.4 Å². The molecular weight excluding hydrogens is 234 g/mol. The molecule has 0 aliphatic heterocycles. The van der Waals surface area contributed by atoms with Gasteiger partial charge in [0.2, 0.25) is 0 Å². The Kier molecular flexibility index (Phi) is 4.10. The summed E-state index contributed by atoms with van der Waals surface area (Å²) in [5.41, 5.74) is -0.0115. The van der Waals surface area contributed by atoms with E-state index in [2.05, 4.69) is 16.6 Å². The Morgan fingerprint density at radius 1 is 1.59 bits per heavy atom. The third kappa shape index (κ3) is 2.83. The summed E-state index contributed by atoms with van der Waals surface area (Å²) in [6.45, 7) is 2.65. The summed E-state index contributed by atoms with van der Waals surface area (Å²) in [4.78, 5) is 16.1. The molecule has 0 bridgehead atoms. The first-order chi connectivity index (χ1) is 8.24. The summed E-state index contributed by atoms with van der Waals surface area (Å²) >= 11 is 1.91. The van der Waals surface area contributed by atoms with E-state index >= 15 is 0 Å². The number of aromatic nitrogens is 2. The van der Waals surface area contributed by atoms with E-state index < -0.39 is 0 Å². The predicted molar refractivity (Wildman–Crippen MR) is 72.7 cm³/mol. The molecule has 0 radical (unpaired) electrons. The van der Waals surface area contributed by atoms with Crippen LogP contribution in [0.1, 0.15) is 26.2 Å². The molecule has 2 atom stereocenters. The Hall–Kier alpha value is -0.970. The normalized spacial score (nSPS) is 23.9.